The smallest absolute Gasteiger partial charge is 0.413 e. The number of carboxylic acid groups (broad SMARTS) is 1. The number of para-hydroxylation sites is 1. The molecule has 2 heterocycles. The summed E-state index contributed by atoms with van der Waals surface area (Å²) in [5, 5.41) is 15.3. The number of aromatic nitrogens is 3. The van der Waals surface area contributed by atoms with Crippen LogP contribution in [0, 0.1) is 0 Å². The van der Waals surface area contributed by atoms with Crippen LogP contribution in [0.2, 0.25) is 0 Å². The van der Waals surface area contributed by atoms with Crippen LogP contribution in [-0.2, 0) is 9.53 Å². The Bertz CT molecular complexity index is 1540. The van der Waals surface area contributed by atoms with Crippen LogP contribution < -0.4 is 10.6 Å². The molecule has 0 saturated carbocycles. The lowest BCUT2D eigenvalue weighted by Crippen LogP contribution is -2.27. The van der Waals surface area contributed by atoms with Crippen molar-refractivity contribution in [3.8, 4) is 16.8 Å². The number of carbonyl (C=O) groups excluding carboxylic acids is 2. The van der Waals surface area contributed by atoms with Crippen molar-refractivity contribution in [2.45, 2.75) is 58.5 Å². The number of imidazole rings is 1. The third-order valence-corrected chi connectivity index (χ3v) is 6.34. The molecule has 1 atom stereocenters. The molecule has 0 aliphatic heterocycles. The normalized spacial score (nSPS) is 11.9. The van der Waals surface area contributed by atoms with E-state index in [1.54, 1.807) is 68.1 Å². The van der Waals surface area contributed by atoms with Gasteiger partial charge in [0.25, 0.3) is 5.91 Å². The molecule has 1 unspecified atom stereocenters. The van der Waals surface area contributed by atoms with Gasteiger partial charge in [-0.25, -0.2) is 14.8 Å². The van der Waals surface area contributed by atoms with Gasteiger partial charge in [-0.3, -0.25) is 24.8 Å². The molecule has 0 aliphatic rings. The minimum absolute atomic E-state index is 0.230. The second-order valence-corrected chi connectivity index (χ2v) is 10.8. The van der Waals surface area contributed by atoms with Crippen molar-refractivity contribution in [3.63, 3.8) is 0 Å². The van der Waals surface area contributed by atoms with Crippen molar-refractivity contribution in [1.82, 2.24) is 14.5 Å². The van der Waals surface area contributed by atoms with Crippen LogP contribution in [0.25, 0.3) is 16.8 Å². The summed E-state index contributed by atoms with van der Waals surface area (Å²) in [4.78, 5) is 46.3. The Morgan fingerprint density at radius 3 is 2.38 bits per heavy atom. The lowest BCUT2D eigenvalue weighted by Gasteiger charge is -2.19. The van der Waals surface area contributed by atoms with E-state index in [1.165, 1.54) is 0 Å². The van der Waals surface area contributed by atoms with Crippen LogP contribution in [0.1, 0.15) is 68.9 Å². The Labute approximate surface area is 244 Å². The highest BCUT2D eigenvalue weighted by Gasteiger charge is 2.25. The molecule has 10 heteroatoms. The minimum Gasteiger partial charge on any atom is -0.481 e. The maximum atomic E-state index is 13.4. The van der Waals surface area contributed by atoms with Crippen LogP contribution >= 0.6 is 0 Å². The average molecular weight is 570 g/mol. The number of carbonyl (C=O) groups is 3. The Kier molecular flexibility index (Phi) is 9.36. The first-order valence-electron chi connectivity index (χ1n) is 13.8. The van der Waals surface area contributed by atoms with Gasteiger partial charge in [0, 0.05) is 29.2 Å². The fourth-order valence-corrected chi connectivity index (χ4v) is 4.31. The molecule has 218 valence electrons. The van der Waals surface area contributed by atoms with Gasteiger partial charge in [0.1, 0.15) is 17.3 Å². The van der Waals surface area contributed by atoms with E-state index >= 15 is 0 Å². The number of hydrogen-bond acceptors (Lipinski definition) is 6. The maximum absolute atomic E-state index is 13.4. The van der Waals surface area contributed by atoms with Crippen molar-refractivity contribution >= 4 is 29.7 Å². The van der Waals surface area contributed by atoms with E-state index in [4.69, 9.17) is 4.74 Å². The number of nitrogens with one attached hydrogen (secondary N) is 2. The molecule has 0 bridgehead atoms. The number of anilines is 2. The van der Waals surface area contributed by atoms with E-state index in [0.717, 1.165) is 29.7 Å². The Morgan fingerprint density at radius 2 is 1.74 bits per heavy atom. The summed E-state index contributed by atoms with van der Waals surface area (Å²) in [5.41, 5.74) is 2.37. The molecule has 2 aromatic heterocycles. The van der Waals surface area contributed by atoms with Gasteiger partial charge in [0.15, 0.2) is 0 Å². The summed E-state index contributed by atoms with van der Waals surface area (Å²) in [5.74, 6) is -1.57. The third kappa shape index (κ3) is 7.81. The number of hydrogen-bond donors (Lipinski definition) is 3. The fraction of sp³-hybridized carbons (Fsp3) is 0.281. The van der Waals surface area contributed by atoms with Gasteiger partial charge >= 0.3 is 12.1 Å². The molecule has 4 rings (SSSR count). The number of benzene rings is 2. The summed E-state index contributed by atoms with van der Waals surface area (Å²) in [6, 6.07) is 19.8. The number of unbranched alkanes of at least 4 members (excludes halogenated alkanes) is 1. The number of nitrogens with zero attached hydrogens (tertiary/aromatic N) is 3. The lowest BCUT2D eigenvalue weighted by atomic mass is 9.99. The van der Waals surface area contributed by atoms with E-state index in [2.05, 4.69) is 20.6 Å². The molecular weight excluding hydrogens is 534 g/mol. The van der Waals surface area contributed by atoms with Crippen molar-refractivity contribution in [1.29, 1.82) is 0 Å². The zero-order valence-electron chi connectivity index (χ0n) is 24.1. The molecular formula is C32H35N5O5. The second-order valence-electron chi connectivity index (χ2n) is 10.8. The summed E-state index contributed by atoms with van der Waals surface area (Å²) in [7, 11) is 0. The first-order chi connectivity index (χ1) is 20.0. The van der Waals surface area contributed by atoms with E-state index in [0.29, 0.717) is 23.5 Å². The molecule has 10 nitrogen and oxygen atoms in total. The number of rotatable bonds is 10. The number of aliphatic carboxylic acids is 1. The zero-order chi connectivity index (χ0) is 30.3. The Morgan fingerprint density at radius 1 is 0.976 bits per heavy atom. The largest absolute Gasteiger partial charge is 0.481 e. The van der Waals surface area contributed by atoms with Crippen molar-refractivity contribution in [2.75, 3.05) is 10.6 Å². The summed E-state index contributed by atoms with van der Waals surface area (Å²) in [6.45, 7) is 7.34. The minimum atomic E-state index is -0.951. The van der Waals surface area contributed by atoms with Gasteiger partial charge in [-0.05, 0) is 69.2 Å². The van der Waals surface area contributed by atoms with Crippen molar-refractivity contribution in [3.05, 3.63) is 90.4 Å². The molecule has 0 radical (unpaired) electrons. The summed E-state index contributed by atoms with van der Waals surface area (Å²) < 4.78 is 6.95. The van der Waals surface area contributed by atoms with Crippen molar-refractivity contribution in [2.24, 2.45) is 0 Å². The number of amides is 2. The van der Waals surface area contributed by atoms with E-state index in [-0.39, 0.29) is 5.95 Å². The quantitative estimate of drug-likeness (QED) is 0.189. The number of carboxylic acids is 1. The highest BCUT2D eigenvalue weighted by molar-refractivity contribution is 6.04. The van der Waals surface area contributed by atoms with Gasteiger partial charge < -0.3 is 9.84 Å². The van der Waals surface area contributed by atoms with Crippen LogP contribution in [0.4, 0.5) is 16.6 Å². The summed E-state index contributed by atoms with van der Waals surface area (Å²) >= 11 is 0. The van der Waals surface area contributed by atoms with Gasteiger partial charge in [-0.2, -0.15) is 0 Å². The van der Waals surface area contributed by atoms with Gasteiger partial charge in [-0.15, -0.1) is 0 Å². The van der Waals surface area contributed by atoms with Crippen molar-refractivity contribution < 1.29 is 24.2 Å². The Balaban J connectivity index is 1.56. The summed E-state index contributed by atoms with van der Waals surface area (Å²) in [6.07, 6.45) is 4.73. The van der Waals surface area contributed by atoms with E-state index < -0.39 is 29.5 Å². The first-order valence-corrected chi connectivity index (χ1v) is 13.8. The Hall–Kier alpha value is -4.99. The number of ether oxygens (including phenoxy) is 1. The zero-order valence-corrected chi connectivity index (χ0v) is 24.1. The molecule has 0 aliphatic carbocycles. The maximum Gasteiger partial charge on any atom is 0.413 e. The van der Waals surface area contributed by atoms with Crippen LogP contribution in [0.5, 0.6) is 0 Å². The third-order valence-electron chi connectivity index (χ3n) is 6.34. The topological polar surface area (TPSA) is 135 Å². The molecule has 0 fully saturated rings. The molecule has 2 aromatic carbocycles. The van der Waals surface area contributed by atoms with Crippen LogP contribution in [0.3, 0.4) is 0 Å². The standard InChI is InChI=1S/C32H35N5O5/c1-5-6-15-25(29(39)40)26-20-37(24-13-8-7-9-14-24)30(34-26)36-28(38)22-12-10-11-21(18-22)23-16-17-27(33-19-23)35-31(41)42-32(2,3)4/h7-14,16-20,25H,5-6,15H2,1-4H3,(H,39,40)(H,33,35,41)(H,34,36,38). The predicted molar refractivity (Wildman–Crippen MR) is 161 cm³/mol. The van der Waals surface area contributed by atoms with Crippen LogP contribution in [-0.4, -0.2) is 43.2 Å². The van der Waals surface area contributed by atoms with Gasteiger partial charge in [-0.1, -0.05) is 50.1 Å². The molecule has 0 saturated heterocycles. The lowest BCUT2D eigenvalue weighted by molar-refractivity contribution is -0.139. The molecule has 42 heavy (non-hydrogen) atoms. The number of pyridine rings is 1. The average Bonchev–Trinajstić information content (AvgIpc) is 3.36. The molecule has 0 spiro atoms. The highest BCUT2D eigenvalue weighted by Crippen LogP contribution is 2.27. The van der Waals surface area contributed by atoms with Crippen LogP contribution in [0.15, 0.2) is 79.1 Å². The molecule has 2 amide bonds. The fourth-order valence-electron chi connectivity index (χ4n) is 4.31. The van der Waals surface area contributed by atoms with Gasteiger partial charge in [0.2, 0.25) is 5.95 Å². The predicted octanol–water partition coefficient (Wildman–Crippen LogP) is 6.89. The van der Waals surface area contributed by atoms with E-state index in [1.807, 2.05) is 43.3 Å². The van der Waals surface area contributed by atoms with E-state index in [9.17, 15) is 19.5 Å². The molecule has 4 aromatic rings. The monoisotopic (exact) mass is 569 g/mol. The highest BCUT2D eigenvalue weighted by atomic mass is 16.6. The SMILES string of the molecule is CCCCC(C(=O)O)c1cn(-c2ccccc2)c(NC(=O)c2cccc(-c3ccc(NC(=O)OC(C)(C)C)nc3)c2)n1. The molecule has 3 N–H and O–H groups in total. The van der Waals surface area contributed by atoms with Gasteiger partial charge in [0.05, 0.1) is 5.69 Å². The second kappa shape index (κ2) is 13.1. The first kappa shape index (κ1) is 30.0.